The lowest BCUT2D eigenvalue weighted by Crippen LogP contribution is -2.32. The molecular weight excluding hydrogens is 390 g/mol. The van der Waals surface area contributed by atoms with Gasteiger partial charge in [-0.2, -0.15) is 0 Å². The Balaban J connectivity index is 1.81. The van der Waals surface area contributed by atoms with E-state index in [9.17, 15) is 9.90 Å². The number of phenolic OH excluding ortho intramolecular Hbond substituents is 1. The van der Waals surface area contributed by atoms with Crippen molar-refractivity contribution in [3.05, 3.63) is 76.9 Å². The fourth-order valence-corrected chi connectivity index (χ4v) is 4.12. The number of nitrogens with one attached hydrogen (secondary N) is 1. The molecule has 5 rings (SSSR count). The van der Waals surface area contributed by atoms with Crippen LogP contribution in [0.4, 0.5) is 5.69 Å². The normalized spacial score (nSPS) is 18.3. The van der Waals surface area contributed by atoms with Crippen LogP contribution < -0.4 is 10.1 Å². The Kier molecular flexibility index (Phi) is 3.60. The molecule has 0 saturated heterocycles. The number of aromatic hydroxyl groups is 1. The molecule has 0 radical (unpaired) electrons. The molecule has 0 aliphatic carbocycles. The van der Waals surface area contributed by atoms with Crippen molar-refractivity contribution in [3.63, 3.8) is 0 Å². The molecule has 29 heavy (non-hydrogen) atoms. The predicted molar refractivity (Wildman–Crippen MR) is 111 cm³/mol. The number of thiocarbonyl (C=S) groups is 1. The first-order valence-electron chi connectivity index (χ1n) is 8.91. The van der Waals surface area contributed by atoms with E-state index in [4.69, 9.17) is 26.8 Å². The lowest BCUT2D eigenvalue weighted by atomic mass is 9.77. The van der Waals surface area contributed by atoms with Gasteiger partial charge in [0.2, 0.25) is 0 Å². The monoisotopic (exact) mass is 406 g/mol. The van der Waals surface area contributed by atoms with Crippen molar-refractivity contribution >= 4 is 28.9 Å². The molecule has 0 fully saturated rings. The second kappa shape index (κ2) is 5.96. The van der Waals surface area contributed by atoms with Crippen LogP contribution in [0, 0.1) is 0 Å². The zero-order valence-corrected chi connectivity index (χ0v) is 16.1. The van der Waals surface area contributed by atoms with Gasteiger partial charge in [-0.1, -0.05) is 18.3 Å². The van der Waals surface area contributed by atoms with Crippen LogP contribution in [0.2, 0.25) is 0 Å². The van der Waals surface area contributed by atoms with E-state index >= 15 is 0 Å². The zero-order valence-electron chi connectivity index (χ0n) is 15.3. The number of anilines is 1. The number of fused-ring (bicyclic) bond motifs is 6. The molecule has 0 aromatic heterocycles. The lowest BCUT2D eigenvalue weighted by molar-refractivity contribution is 0.0224. The topological polar surface area (TPSA) is 90.7 Å². The number of benzene rings is 3. The quantitative estimate of drug-likeness (QED) is 0.358. The summed E-state index contributed by atoms with van der Waals surface area (Å²) >= 11 is 5.10. The predicted octanol–water partition coefficient (Wildman–Crippen LogP) is 4.16. The van der Waals surface area contributed by atoms with E-state index in [-0.39, 0.29) is 11.5 Å². The van der Waals surface area contributed by atoms with Crippen molar-refractivity contribution in [1.29, 1.82) is 0 Å². The summed E-state index contributed by atoms with van der Waals surface area (Å²) in [7, 11) is 0. The van der Waals surface area contributed by atoms with Crippen molar-refractivity contribution in [3.8, 4) is 23.0 Å². The highest BCUT2D eigenvalue weighted by molar-refractivity contribution is 7.80. The number of carbonyl (C=O) groups excluding carboxylic acids is 1. The molecule has 1 atom stereocenters. The minimum atomic E-state index is -1.22. The van der Waals surface area contributed by atoms with Gasteiger partial charge in [0.25, 0.3) is 5.75 Å². The third-order valence-electron chi connectivity index (χ3n) is 5.11. The number of phenols is 1. The lowest BCUT2D eigenvalue weighted by Gasteiger charge is -2.36. The van der Waals surface area contributed by atoms with Gasteiger partial charge in [-0.05, 0) is 37.3 Å². The number of hydrogen-bond donors (Lipinski definition) is 2. The van der Waals surface area contributed by atoms with Gasteiger partial charge < -0.3 is 25.0 Å². The van der Waals surface area contributed by atoms with Crippen molar-refractivity contribution in [2.24, 2.45) is 0 Å². The summed E-state index contributed by atoms with van der Waals surface area (Å²) in [6, 6.07) is 15.0. The van der Waals surface area contributed by atoms with Crippen LogP contribution in [0.15, 0.2) is 54.6 Å². The van der Waals surface area contributed by atoms with Crippen molar-refractivity contribution in [2.45, 2.75) is 12.5 Å². The molecule has 2 heterocycles. The number of carbonyl (C=O) groups is 1. The zero-order chi connectivity index (χ0) is 20.3. The second-order valence-corrected chi connectivity index (χ2v) is 7.62. The minimum absolute atomic E-state index is 0.0323. The summed E-state index contributed by atoms with van der Waals surface area (Å²) in [5.74, 6) is 0.620. The minimum Gasteiger partial charge on any atom is -0.593 e. The molecule has 2 aliphatic rings. The summed E-state index contributed by atoms with van der Waals surface area (Å²) < 4.78 is 12.0. The average molecular weight is 406 g/mol. The van der Waals surface area contributed by atoms with Gasteiger partial charge in [0.05, 0.1) is 16.6 Å². The number of esters is 1. The molecular formula is C22H16NO5S+. The van der Waals surface area contributed by atoms with Crippen LogP contribution in [-0.4, -0.2) is 21.2 Å². The molecule has 0 saturated carbocycles. The Labute approximate surface area is 171 Å². The van der Waals surface area contributed by atoms with Crippen LogP contribution >= 0.6 is 12.2 Å². The number of hydrogen-bond acceptors (Lipinski definition) is 5. The Morgan fingerprint density at radius 3 is 2.48 bits per heavy atom. The van der Waals surface area contributed by atoms with E-state index in [0.717, 1.165) is 0 Å². The highest BCUT2D eigenvalue weighted by atomic mass is 32.1. The van der Waals surface area contributed by atoms with E-state index in [1.807, 2.05) is 12.1 Å². The third-order valence-corrected chi connectivity index (χ3v) is 5.21. The van der Waals surface area contributed by atoms with Gasteiger partial charge in [0.1, 0.15) is 17.2 Å². The van der Waals surface area contributed by atoms with Crippen LogP contribution in [0.25, 0.3) is 0 Å². The SMILES string of the molecule is CC(=S)Nc1ccc2c(c1)C(=O)OC21c2ccc(O)cc2Oc2cc([OH2+])ccc21. The Bertz CT molecular complexity index is 1170. The standard InChI is InChI=1S/C22H15NO5S/c1-11(29)23-12-2-5-16-15(8-12)21(26)28-22(16)17-6-3-13(24)9-19(17)27-20-10-14(25)4-7-18(20)22/h2-10,24-25H,1H3,(H,23,29)/p+1. The van der Waals surface area contributed by atoms with E-state index in [1.165, 1.54) is 12.1 Å². The van der Waals surface area contributed by atoms with Crippen molar-refractivity contribution in [2.75, 3.05) is 5.32 Å². The second-order valence-electron chi connectivity index (χ2n) is 7.01. The largest absolute Gasteiger partial charge is 0.593 e. The molecule has 2 aliphatic heterocycles. The van der Waals surface area contributed by atoms with Crippen molar-refractivity contribution in [1.82, 2.24) is 0 Å². The summed E-state index contributed by atoms with van der Waals surface area (Å²) in [5.41, 5.74) is 1.81. The van der Waals surface area contributed by atoms with Crippen molar-refractivity contribution < 1.29 is 24.5 Å². The highest BCUT2D eigenvalue weighted by Crippen LogP contribution is 2.57. The summed E-state index contributed by atoms with van der Waals surface area (Å²) in [5, 5.41) is 20.9. The molecule has 4 N–H and O–H groups in total. The molecule has 6 nitrogen and oxygen atoms in total. The molecule has 1 unspecified atom stereocenters. The van der Waals surface area contributed by atoms with Gasteiger partial charge in [0.15, 0.2) is 5.60 Å². The van der Waals surface area contributed by atoms with Crippen LogP contribution in [-0.2, 0) is 10.3 Å². The first-order chi connectivity index (χ1) is 13.9. The maximum absolute atomic E-state index is 12.9. The van der Waals surface area contributed by atoms with Gasteiger partial charge >= 0.3 is 5.97 Å². The average Bonchev–Trinajstić information content (AvgIpc) is 2.93. The molecule has 144 valence electrons. The van der Waals surface area contributed by atoms with Gasteiger partial charge in [-0.15, -0.1) is 0 Å². The number of rotatable bonds is 1. The Morgan fingerprint density at radius 1 is 1.03 bits per heavy atom. The van der Waals surface area contributed by atoms with Gasteiger partial charge in [-0.25, -0.2) is 4.79 Å². The highest BCUT2D eigenvalue weighted by Gasteiger charge is 2.53. The maximum atomic E-state index is 12.9. The Hall–Kier alpha value is -3.58. The molecule has 7 heteroatoms. The molecule has 0 bridgehead atoms. The van der Waals surface area contributed by atoms with Crippen LogP contribution in [0.3, 0.4) is 0 Å². The van der Waals surface area contributed by atoms with Gasteiger partial charge in [0, 0.05) is 34.5 Å². The fraction of sp³-hybridized carbons (Fsp3) is 0.0909. The van der Waals surface area contributed by atoms with E-state index in [2.05, 4.69) is 5.32 Å². The maximum Gasteiger partial charge on any atom is 0.340 e. The third kappa shape index (κ3) is 2.48. The fourth-order valence-electron chi connectivity index (χ4n) is 4.00. The smallest absolute Gasteiger partial charge is 0.340 e. The van der Waals surface area contributed by atoms with E-state index in [0.29, 0.717) is 44.4 Å². The first-order valence-corrected chi connectivity index (χ1v) is 9.32. The summed E-state index contributed by atoms with van der Waals surface area (Å²) in [4.78, 5) is 13.5. The van der Waals surface area contributed by atoms with Gasteiger partial charge in [-0.3, -0.25) is 0 Å². The van der Waals surface area contributed by atoms with Crippen LogP contribution in [0.5, 0.6) is 23.0 Å². The van der Waals surface area contributed by atoms with E-state index in [1.54, 1.807) is 37.3 Å². The number of ether oxygens (including phenoxy) is 2. The molecule has 1 spiro atoms. The molecule has 0 amide bonds. The first kappa shape index (κ1) is 17.5. The van der Waals surface area contributed by atoms with Crippen LogP contribution in [0.1, 0.15) is 34.0 Å². The molecule has 3 aromatic rings. The summed E-state index contributed by atoms with van der Waals surface area (Å²) in [6.45, 7) is 1.76. The Morgan fingerprint density at radius 2 is 1.72 bits per heavy atom. The summed E-state index contributed by atoms with van der Waals surface area (Å²) in [6.07, 6.45) is 0. The molecule has 3 aromatic carbocycles. The van der Waals surface area contributed by atoms with E-state index < -0.39 is 11.6 Å².